The van der Waals surface area contributed by atoms with Crippen molar-refractivity contribution in [3.8, 4) is 17.1 Å². The minimum absolute atomic E-state index is 0.283. The van der Waals surface area contributed by atoms with Crippen molar-refractivity contribution < 1.29 is 14.1 Å². The van der Waals surface area contributed by atoms with E-state index in [-0.39, 0.29) is 5.91 Å². The highest BCUT2D eigenvalue weighted by atomic mass is 16.5. The van der Waals surface area contributed by atoms with Crippen LogP contribution in [-0.2, 0) is 0 Å². The third kappa shape index (κ3) is 3.01. The molecule has 0 radical (unpaired) electrons. The van der Waals surface area contributed by atoms with Gasteiger partial charge in [-0.25, -0.2) is 0 Å². The molecule has 0 unspecified atom stereocenters. The Kier molecular flexibility index (Phi) is 4.33. The summed E-state index contributed by atoms with van der Waals surface area (Å²) in [5.41, 5.74) is 3.50. The zero-order valence-electron chi connectivity index (χ0n) is 13.8. The molecule has 0 spiro atoms. The van der Waals surface area contributed by atoms with Gasteiger partial charge in [0.05, 0.1) is 18.5 Å². The van der Waals surface area contributed by atoms with Gasteiger partial charge in [-0.2, -0.15) is 0 Å². The molecular weight excluding hydrogens is 304 g/mol. The van der Waals surface area contributed by atoms with E-state index in [1.165, 1.54) is 0 Å². The highest BCUT2D eigenvalue weighted by Crippen LogP contribution is 2.29. The van der Waals surface area contributed by atoms with E-state index >= 15 is 0 Å². The number of benzene rings is 2. The molecular formula is C19H18N2O3. The predicted octanol–water partition coefficient (Wildman–Crippen LogP) is 4.22. The summed E-state index contributed by atoms with van der Waals surface area (Å²) in [5.74, 6) is 0.769. The highest BCUT2D eigenvalue weighted by molar-refractivity contribution is 6.09. The Morgan fingerprint density at radius 2 is 1.79 bits per heavy atom. The Morgan fingerprint density at radius 3 is 2.50 bits per heavy atom. The van der Waals surface area contributed by atoms with Crippen molar-refractivity contribution in [2.45, 2.75) is 13.8 Å². The first kappa shape index (κ1) is 15.8. The fourth-order valence-electron chi connectivity index (χ4n) is 2.47. The van der Waals surface area contributed by atoms with Gasteiger partial charge in [0, 0.05) is 5.56 Å². The number of methoxy groups -OCH3 is 1. The summed E-state index contributed by atoms with van der Waals surface area (Å²) in [5, 5.41) is 6.82. The SMILES string of the molecule is COc1ccccc1NC(=O)c1c(C)noc1-c1ccc(C)cc1. The average molecular weight is 322 g/mol. The lowest BCUT2D eigenvalue weighted by Gasteiger charge is -2.10. The number of amides is 1. The fourth-order valence-corrected chi connectivity index (χ4v) is 2.47. The number of carbonyl (C=O) groups excluding carboxylic acids is 1. The molecule has 0 aliphatic rings. The van der Waals surface area contributed by atoms with Crippen molar-refractivity contribution >= 4 is 11.6 Å². The molecule has 2 aromatic carbocycles. The van der Waals surface area contributed by atoms with Crippen LogP contribution >= 0.6 is 0 Å². The Balaban J connectivity index is 1.96. The molecule has 0 aliphatic carbocycles. The number of aryl methyl sites for hydroxylation is 2. The number of nitrogens with zero attached hydrogens (tertiary/aromatic N) is 1. The first-order chi connectivity index (χ1) is 11.6. The van der Waals surface area contributed by atoms with Crippen LogP contribution in [0.4, 0.5) is 5.69 Å². The first-order valence-electron chi connectivity index (χ1n) is 7.58. The zero-order chi connectivity index (χ0) is 17.1. The molecule has 0 atom stereocenters. The van der Waals surface area contributed by atoms with Gasteiger partial charge < -0.3 is 14.6 Å². The lowest BCUT2D eigenvalue weighted by atomic mass is 10.0. The number of ether oxygens (including phenoxy) is 1. The molecule has 1 N–H and O–H groups in total. The maximum Gasteiger partial charge on any atom is 0.261 e. The maximum absolute atomic E-state index is 12.8. The Hall–Kier alpha value is -3.08. The average Bonchev–Trinajstić information content (AvgIpc) is 2.97. The molecule has 1 amide bonds. The molecule has 1 heterocycles. The van der Waals surface area contributed by atoms with Gasteiger partial charge in [-0.3, -0.25) is 4.79 Å². The van der Waals surface area contributed by atoms with Gasteiger partial charge in [0.25, 0.3) is 5.91 Å². The summed E-state index contributed by atoms with van der Waals surface area (Å²) in [6.45, 7) is 3.75. The van der Waals surface area contributed by atoms with Crippen LogP contribution in [0.1, 0.15) is 21.6 Å². The van der Waals surface area contributed by atoms with E-state index in [9.17, 15) is 4.79 Å². The summed E-state index contributed by atoms with van der Waals surface area (Å²) < 4.78 is 10.7. The van der Waals surface area contributed by atoms with Gasteiger partial charge in [-0.1, -0.05) is 47.1 Å². The van der Waals surface area contributed by atoms with Crippen molar-refractivity contribution in [1.82, 2.24) is 5.16 Å². The van der Waals surface area contributed by atoms with E-state index in [1.54, 1.807) is 26.2 Å². The summed E-state index contributed by atoms with van der Waals surface area (Å²) in [7, 11) is 1.56. The number of hydrogen-bond donors (Lipinski definition) is 1. The van der Waals surface area contributed by atoms with Gasteiger partial charge in [-0.15, -0.1) is 0 Å². The van der Waals surface area contributed by atoms with E-state index in [0.717, 1.165) is 11.1 Å². The number of aromatic nitrogens is 1. The molecule has 3 rings (SSSR count). The maximum atomic E-state index is 12.8. The lowest BCUT2D eigenvalue weighted by molar-refractivity contribution is 0.102. The molecule has 0 saturated heterocycles. The summed E-state index contributed by atoms with van der Waals surface area (Å²) >= 11 is 0. The number of rotatable bonds is 4. The normalized spacial score (nSPS) is 10.5. The van der Waals surface area contributed by atoms with Crippen LogP contribution in [0.15, 0.2) is 53.1 Å². The van der Waals surface area contributed by atoms with Crippen LogP contribution in [0.25, 0.3) is 11.3 Å². The van der Waals surface area contributed by atoms with Crippen LogP contribution in [0, 0.1) is 13.8 Å². The van der Waals surface area contributed by atoms with Crippen molar-refractivity contribution in [2.75, 3.05) is 12.4 Å². The van der Waals surface area contributed by atoms with Gasteiger partial charge in [-0.05, 0) is 26.0 Å². The standard InChI is InChI=1S/C19H18N2O3/c1-12-8-10-14(11-9-12)18-17(13(2)21-24-18)19(22)20-15-6-4-5-7-16(15)23-3/h4-11H,1-3H3,(H,20,22). The largest absolute Gasteiger partial charge is 0.495 e. The summed E-state index contributed by atoms with van der Waals surface area (Å²) in [6, 6.07) is 15.0. The molecule has 5 heteroatoms. The molecule has 0 aliphatic heterocycles. The lowest BCUT2D eigenvalue weighted by Crippen LogP contribution is -2.14. The molecule has 3 aromatic rings. The Morgan fingerprint density at radius 1 is 1.08 bits per heavy atom. The third-order valence-electron chi connectivity index (χ3n) is 3.76. The molecule has 0 saturated carbocycles. The second-order valence-electron chi connectivity index (χ2n) is 5.49. The van der Waals surface area contributed by atoms with E-state index < -0.39 is 0 Å². The molecule has 0 bridgehead atoms. The van der Waals surface area contributed by atoms with Crippen LogP contribution in [-0.4, -0.2) is 18.2 Å². The molecule has 122 valence electrons. The number of carbonyl (C=O) groups is 1. The smallest absolute Gasteiger partial charge is 0.261 e. The number of anilines is 1. The van der Waals surface area contributed by atoms with Gasteiger partial charge in [0.2, 0.25) is 0 Å². The number of para-hydroxylation sites is 2. The Labute approximate surface area is 140 Å². The van der Waals surface area contributed by atoms with Gasteiger partial charge >= 0.3 is 0 Å². The van der Waals surface area contributed by atoms with Crippen LogP contribution in [0.3, 0.4) is 0 Å². The topological polar surface area (TPSA) is 64.4 Å². The number of hydrogen-bond acceptors (Lipinski definition) is 4. The van der Waals surface area contributed by atoms with E-state index in [2.05, 4.69) is 10.5 Å². The summed E-state index contributed by atoms with van der Waals surface area (Å²) in [4.78, 5) is 12.8. The van der Waals surface area contributed by atoms with E-state index in [4.69, 9.17) is 9.26 Å². The van der Waals surface area contributed by atoms with Crippen LogP contribution < -0.4 is 10.1 Å². The minimum atomic E-state index is -0.283. The monoisotopic (exact) mass is 322 g/mol. The second-order valence-corrected chi connectivity index (χ2v) is 5.49. The van der Waals surface area contributed by atoms with Crippen molar-refractivity contribution in [3.63, 3.8) is 0 Å². The van der Waals surface area contributed by atoms with Crippen molar-refractivity contribution in [1.29, 1.82) is 0 Å². The summed E-state index contributed by atoms with van der Waals surface area (Å²) in [6.07, 6.45) is 0. The fraction of sp³-hybridized carbons (Fsp3) is 0.158. The third-order valence-corrected chi connectivity index (χ3v) is 3.76. The highest BCUT2D eigenvalue weighted by Gasteiger charge is 2.22. The molecule has 24 heavy (non-hydrogen) atoms. The number of nitrogens with one attached hydrogen (secondary N) is 1. The second kappa shape index (κ2) is 6.58. The van der Waals surface area contributed by atoms with E-state index in [1.807, 2.05) is 43.3 Å². The van der Waals surface area contributed by atoms with E-state index in [0.29, 0.717) is 28.5 Å². The van der Waals surface area contributed by atoms with Crippen molar-refractivity contribution in [3.05, 3.63) is 65.4 Å². The van der Waals surface area contributed by atoms with Crippen molar-refractivity contribution in [2.24, 2.45) is 0 Å². The quantitative estimate of drug-likeness (QED) is 0.781. The Bertz CT molecular complexity index is 867. The first-order valence-corrected chi connectivity index (χ1v) is 7.58. The predicted molar refractivity (Wildman–Crippen MR) is 92.4 cm³/mol. The van der Waals surface area contributed by atoms with Crippen LogP contribution in [0.2, 0.25) is 0 Å². The molecule has 0 fully saturated rings. The van der Waals surface area contributed by atoms with Crippen LogP contribution in [0.5, 0.6) is 5.75 Å². The van der Waals surface area contributed by atoms with Gasteiger partial charge in [0.15, 0.2) is 5.76 Å². The zero-order valence-corrected chi connectivity index (χ0v) is 13.8. The molecule has 1 aromatic heterocycles. The molecule has 5 nitrogen and oxygen atoms in total. The minimum Gasteiger partial charge on any atom is -0.495 e. The van der Waals surface area contributed by atoms with Gasteiger partial charge in [0.1, 0.15) is 11.3 Å².